The zero-order chi connectivity index (χ0) is 22.7. The number of methoxy groups -OCH3 is 1. The van der Waals surface area contributed by atoms with E-state index in [1.54, 1.807) is 38.8 Å². The molecule has 0 bridgehead atoms. The van der Waals surface area contributed by atoms with Crippen LogP contribution in [0.5, 0.6) is 0 Å². The summed E-state index contributed by atoms with van der Waals surface area (Å²) < 4.78 is 6.74. The van der Waals surface area contributed by atoms with Gasteiger partial charge in [0, 0.05) is 45.9 Å². The van der Waals surface area contributed by atoms with Crippen LogP contribution < -0.4 is 0 Å². The van der Waals surface area contributed by atoms with Gasteiger partial charge in [-0.05, 0) is 18.6 Å². The number of fused-ring (bicyclic) bond motifs is 1. The van der Waals surface area contributed by atoms with Crippen LogP contribution in [0.15, 0.2) is 42.6 Å². The number of piperazine rings is 2. The number of aryl methyl sites for hydroxylation is 1. The van der Waals surface area contributed by atoms with Gasteiger partial charge in [0.15, 0.2) is 0 Å². The molecule has 32 heavy (non-hydrogen) atoms. The molecule has 2 aromatic rings. The quantitative estimate of drug-likeness (QED) is 0.632. The zero-order valence-electron chi connectivity index (χ0n) is 18.5. The molecular weight excluding hydrogens is 410 g/mol. The van der Waals surface area contributed by atoms with E-state index in [-0.39, 0.29) is 24.3 Å². The van der Waals surface area contributed by atoms with E-state index in [2.05, 4.69) is 5.10 Å². The summed E-state index contributed by atoms with van der Waals surface area (Å²) in [6.07, 6.45) is 1.98. The van der Waals surface area contributed by atoms with Crippen molar-refractivity contribution < 1.29 is 19.1 Å². The molecule has 3 heterocycles. The third kappa shape index (κ3) is 4.12. The normalized spacial score (nSPS) is 21.1. The molecule has 2 fully saturated rings. The molecule has 2 aliphatic heterocycles. The number of amides is 3. The van der Waals surface area contributed by atoms with E-state index in [1.807, 2.05) is 37.3 Å². The highest BCUT2D eigenvalue weighted by Gasteiger charge is 2.48. The lowest BCUT2D eigenvalue weighted by Gasteiger charge is -2.49. The van der Waals surface area contributed by atoms with Crippen molar-refractivity contribution in [2.24, 2.45) is 0 Å². The molecule has 0 spiro atoms. The van der Waals surface area contributed by atoms with Gasteiger partial charge in [-0.25, -0.2) is 0 Å². The Hall–Kier alpha value is -3.20. The van der Waals surface area contributed by atoms with E-state index in [9.17, 15) is 14.4 Å². The Morgan fingerprint density at radius 1 is 1.12 bits per heavy atom. The van der Waals surface area contributed by atoms with Gasteiger partial charge in [0.25, 0.3) is 5.91 Å². The van der Waals surface area contributed by atoms with E-state index >= 15 is 0 Å². The maximum atomic E-state index is 13.6. The molecule has 1 aromatic heterocycles. The van der Waals surface area contributed by atoms with Gasteiger partial charge in [0.05, 0.1) is 13.2 Å². The van der Waals surface area contributed by atoms with Crippen LogP contribution in [0.3, 0.4) is 0 Å². The van der Waals surface area contributed by atoms with Crippen LogP contribution in [0.25, 0.3) is 0 Å². The first-order chi connectivity index (χ1) is 15.5. The van der Waals surface area contributed by atoms with Crippen molar-refractivity contribution in [2.75, 3.05) is 39.9 Å². The Kier molecular flexibility index (Phi) is 6.55. The van der Waals surface area contributed by atoms with Crippen LogP contribution in [0.1, 0.15) is 23.0 Å². The largest absolute Gasteiger partial charge is 0.383 e. The van der Waals surface area contributed by atoms with Gasteiger partial charge in [-0.3, -0.25) is 19.1 Å². The minimum Gasteiger partial charge on any atom is -0.383 e. The molecule has 170 valence electrons. The molecule has 3 amide bonds. The van der Waals surface area contributed by atoms with Crippen molar-refractivity contribution in [1.29, 1.82) is 0 Å². The van der Waals surface area contributed by atoms with Gasteiger partial charge in [-0.2, -0.15) is 5.10 Å². The highest BCUT2D eigenvalue weighted by molar-refractivity contribution is 6.00. The third-order valence-corrected chi connectivity index (χ3v) is 6.23. The van der Waals surface area contributed by atoms with Crippen LogP contribution in [0.4, 0.5) is 0 Å². The Morgan fingerprint density at radius 2 is 1.91 bits per heavy atom. The van der Waals surface area contributed by atoms with Crippen LogP contribution in [-0.2, 0) is 27.3 Å². The standard InChI is InChI=1S/C23H29N5O4/c1-3-28-18(9-10-24-28)22(30)27-16-20-21(29)25(13-14-32-2)11-12-26(20)23(31)19(27)15-17-7-5-4-6-8-17/h4-10,19-20H,3,11-16H2,1-2H3/t19-,20-/m0/s1. The highest BCUT2D eigenvalue weighted by Crippen LogP contribution is 2.26. The first kappa shape index (κ1) is 22.0. The number of ether oxygens (including phenoxy) is 1. The van der Waals surface area contributed by atoms with E-state index in [1.165, 1.54) is 0 Å². The first-order valence-corrected chi connectivity index (χ1v) is 11.0. The molecular formula is C23H29N5O4. The number of aromatic nitrogens is 2. The van der Waals surface area contributed by atoms with Gasteiger partial charge in [0.2, 0.25) is 11.8 Å². The molecule has 0 saturated carbocycles. The van der Waals surface area contributed by atoms with Crippen molar-refractivity contribution in [2.45, 2.75) is 32.0 Å². The summed E-state index contributed by atoms with van der Waals surface area (Å²) >= 11 is 0. The molecule has 0 radical (unpaired) electrons. The average Bonchev–Trinajstić information content (AvgIpc) is 3.30. The maximum Gasteiger partial charge on any atom is 0.272 e. The maximum absolute atomic E-state index is 13.6. The smallest absolute Gasteiger partial charge is 0.272 e. The third-order valence-electron chi connectivity index (χ3n) is 6.23. The van der Waals surface area contributed by atoms with Crippen LogP contribution in [0, 0.1) is 0 Å². The molecule has 9 nitrogen and oxygen atoms in total. The summed E-state index contributed by atoms with van der Waals surface area (Å²) in [6, 6.07) is 9.97. The summed E-state index contributed by atoms with van der Waals surface area (Å²) in [6.45, 7) is 4.45. The Morgan fingerprint density at radius 3 is 2.62 bits per heavy atom. The van der Waals surface area contributed by atoms with E-state index in [0.717, 1.165) is 5.56 Å². The number of nitrogens with zero attached hydrogens (tertiary/aromatic N) is 5. The molecule has 0 unspecified atom stereocenters. The second kappa shape index (κ2) is 9.52. The number of carbonyl (C=O) groups is 3. The second-order valence-corrected chi connectivity index (χ2v) is 8.06. The first-order valence-electron chi connectivity index (χ1n) is 11.0. The topological polar surface area (TPSA) is 88.0 Å². The van der Waals surface area contributed by atoms with Crippen molar-refractivity contribution in [1.82, 2.24) is 24.5 Å². The summed E-state index contributed by atoms with van der Waals surface area (Å²) in [5.74, 6) is -0.595. The van der Waals surface area contributed by atoms with Crippen LogP contribution in [-0.4, -0.2) is 94.2 Å². The number of carbonyl (C=O) groups excluding carboxylic acids is 3. The lowest BCUT2D eigenvalue weighted by molar-refractivity contribution is -0.160. The van der Waals surface area contributed by atoms with Gasteiger partial charge in [0.1, 0.15) is 17.8 Å². The van der Waals surface area contributed by atoms with Crippen molar-refractivity contribution in [3.05, 3.63) is 53.9 Å². The Labute approximate surface area is 187 Å². The molecule has 2 aliphatic rings. The van der Waals surface area contributed by atoms with Gasteiger partial charge < -0.3 is 19.4 Å². The van der Waals surface area contributed by atoms with Crippen molar-refractivity contribution in [3.8, 4) is 0 Å². The van der Waals surface area contributed by atoms with Crippen LogP contribution >= 0.6 is 0 Å². The summed E-state index contributed by atoms with van der Waals surface area (Å²) in [7, 11) is 1.59. The number of rotatable bonds is 7. The predicted octanol–water partition coefficient (Wildman–Crippen LogP) is 0.656. The van der Waals surface area contributed by atoms with Crippen LogP contribution in [0.2, 0.25) is 0 Å². The molecule has 9 heteroatoms. The van der Waals surface area contributed by atoms with Gasteiger partial charge in [-0.1, -0.05) is 30.3 Å². The minimum atomic E-state index is -0.679. The SMILES string of the molecule is CCn1nccc1C(=O)N1C[C@H]2C(=O)N(CCOC)CCN2C(=O)[C@@H]1Cc1ccccc1. The number of benzene rings is 1. The lowest BCUT2D eigenvalue weighted by Crippen LogP contribution is -2.70. The van der Waals surface area contributed by atoms with E-state index in [4.69, 9.17) is 4.74 Å². The fraction of sp³-hybridized carbons (Fsp3) is 0.478. The van der Waals surface area contributed by atoms with Crippen molar-refractivity contribution >= 4 is 17.7 Å². The predicted molar refractivity (Wildman–Crippen MR) is 117 cm³/mol. The van der Waals surface area contributed by atoms with E-state index < -0.39 is 12.1 Å². The fourth-order valence-electron chi connectivity index (χ4n) is 4.51. The zero-order valence-corrected chi connectivity index (χ0v) is 18.5. The second-order valence-electron chi connectivity index (χ2n) is 8.06. The average molecular weight is 440 g/mol. The molecule has 1 aromatic carbocycles. The molecule has 0 aliphatic carbocycles. The summed E-state index contributed by atoms with van der Waals surface area (Å²) in [4.78, 5) is 45.3. The number of hydrogen-bond donors (Lipinski definition) is 0. The molecule has 2 saturated heterocycles. The summed E-state index contributed by atoms with van der Waals surface area (Å²) in [5.41, 5.74) is 1.39. The minimum absolute atomic E-state index is 0.137. The molecule has 2 atom stereocenters. The number of hydrogen-bond acceptors (Lipinski definition) is 5. The van der Waals surface area contributed by atoms with Gasteiger partial charge in [-0.15, -0.1) is 0 Å². The van der Waals surface area contributed by atoms with E-state index in [0.29, 0.717) is 44.9 Å². The van der Waals surface area contributed by atoms with Crippen molar-refractivity contribution in [3.63, 3.8) is 0 Å². The Bertz CT molecular complexity index is 976. The monoisotopic (exact) mass is 439 g/mol. The summed E-state index contributed by atoms with van der Waals surface area (Å²) in [5, 5.41) is 4.21. The molecule has 0 N–H and O–H groups in total. The van der Waals surface area contributed by atoms with Gasteiger partial charge >= 0.3 is 0 Å². The fourth-order valence-corrected chi connectivity index (χ4v) is 4.51. The molecule has 4 rings (SSSR count). The highest BCUT2D eigenvalue weighted by atomic mass is 16.5. The Balaban J connectivity index is 1.65. The lowest BCUT2D eigenvalue weighted by atomic mass is 9.96.